The highest BCUT2D eigenvalue weighted by molar-refractivity contribution is 5.59. The van der Waals surface area contributed by atoms with Crippen molar-refractivity contribution in [2.75, 3.05) is 19.6 Å². The van der Waals surface area contributed by atoms with E-state index in [1.54, 1.807) is 6.20 Å². The van der Waals surface area contributed by atoms with E-state index in [9.17, 15) is 13.2 Å². The molecule has 3 nitrogen and oxygen atoms in total. The van der Waals surface area contributed by atoms with Gasteiger partial charge in [0.15, 0.2) is 0 Å². The third-order valence-electron chi connectivity index (χ3n) is 6.21. The Balaban J connectivity index is 1.61. The highest BCUT2D eigenvalue weighted by atomic mass is 19.4. The Morgan fingerprint density at radius 3 is 2.24 bits per heavy atom. The molecular weight excluding hydrogens is 375 g/mol. The molecule has 0 atom stereocenters. The van der Waals surface area contributed by atoms with Gasteiger partial charge in [0.1, 0.15) is 0 Å². The van der Waals surface area contributed by atoms with Crippen molar-refractivity contribution in [3.63, 3.8) is 0 Å². The zero-order valence-corrected chi connectivity index (χ0v) is 16.8. The Hall–Kier alpha value is -2.39. The molecule has 0 saturated carbocycles. The molecule has 1 saturated heterocycles. The number of pyridine rings is 1. The Morgan fingerprint density at radius 2 is 1.76 bits per heavy atom. The van der Waals surface area contributed by atoms with E-state index in [0.717, 1.165) is 50.2 Å². The molecule has 0 unspecified atom stereocenters. The summed E-state index contributed by atoms with van der Waals surface area (Å²) in [6.07, 6.45) is -0.461. The molecule has 1 aliphatic rings. The lowest BCUT2D eigenvalue weighted by atomic mass is 9.70. The fourth-order valence-corrected chi connectivity index (χ4v) is 4.01. The SMILES string of the molecule is [C-]#[N+]CC1(C(C)C)CCN(Cc2ccc(-c3ccc(C(F)(F)F)cc3)nc2)CC1. The fraction of sp³-hybridized carbons (Fsp3) is 0.478. The van der Waals surface area contributed by atoms with E-state index in [2.05, 4.69) is 28.6 Å². The molecule has 0 radical (unpaired) electrons. The van der Waals surface area contributed by atoms with Gasteiger partial charge in [-0.2, -0.15) is 13.2 Å². The molecule has 2 aromatic rings. The number of rotatable bonds is 5. The van der Waals surface area contributed by atoms with Crippen molar-refractivity contribution in [2.45, 2.75) is 39.4 Å². The van der Waals surface area contributed by atoms with Gasteiger partial charge in [-0.05, 0) is 55.6 Å². The summed E-state index contributed by atoms with van der Waals surface area (Å²) in [5.74, 6) is 0.503. The van der Waals surface area contributed by atoms with Gasteiger partial charge in [-0.1, -0.05) is 32.0 Å². The summed E-state index contributed by atoms with van der Waals surface area (Å²) >= 11 is 0. The van der Waals surface area contributed by atoms with Crippen LogP contribution in [0, 0.1) is 17.9 Å². The summed E-state index contributed by atoms with van der Waals surface area (Å²) in [5, 5.41) is 0. The van der Waals surface area contributed by atoms with Crippen LogP contribution in [0.25, 0.3) is 16.1 Å². The van der Waals surface area contributed by atoms with E-state index < -0.39 is 11.7 Å². The standard InChI is InChI=1S/C23H26F3N3/c1-17(2)22(16-27-3)10-12-29(13-11-22)15-18-4-9-21(28-14-18)19-5-7-20(8-6-19)23(24,25)26/h4-9,14,17H,10-13,15-16H2,1-2H3. The van der Waals surface area contributed by atoms with E-state index >= 15 is 0 Å². The predicted octanol–water partition coefficient (Wildman–Crippen LogP) is 5.92. The summed E-state index contributed by atoms with van der Waals surface area (Å²) in [6, 6.07) is 8.94. The van der Waals surface area contributed by atoms with Gasteiger partial charge in [-0.25, -0.2) is 6.57 Å². The Bertz CT molecular complexity index is 841. The normalized spacial score (nSPS) is 17.3. The van der Waals surface area contributed by atoms with Crippen molar-refractivity contribution >= 4 is 0 Å². The first kappa shape index (κ1) is 21.3. The fourth-order valence-electron chi connectivity index (χ4n) is 4.01. The molecule has 1 aromatic heterocycles. The van der Waals surface area contributed by atoms with Gasteiger partial charge in [0.05, 0.1) is 11.3 Å². The molecule has 1 aliphatic heterocycles. The quantitative estimate of drug-likeness (QED) is 0.579. The largest absolute Gasteiger partial charge is 0.416 e. The highest BCUT2D eigenvalue weighted by Crippen LogP contribution is 2.39. The lowest BCUT2D eigenvalue weighted by Crippen LogP contribution is -2.43. The van der Waals surface area contributed by atoms with Crippen LogP contribution < -0.4 is 0 Å². The van der Waals surface area contributed by atoms with Gasteiger partial charge in [0.2, 0.25) is 6.54 Å². The van der Waals surface area contributed by atoms with Crippen molar-refractivity contribution < 1.29 is 13.2 Å². The van der Waals surface area contributed by atoms with E-state index in [4.69, 9.17) is 6.57 Å². The molecule has 0 spiro atoms. The van der Waals surface area contributed by atoms with Gasteiger partial charge in [-0.15, -0.1) is 0 Å². The minimum atomic E-state index is -4.33. The number of halogens is 3. The first-order valence-corrected chi connectivity index (χ1v) is 9.92. The number of alkyl halides is 3. The zero-order valence-electron chi connectivity index (χ0n) is 16.8. The molecule has 0 bridgehead atoms. The number of piperidine rings is 1. The Morgan fingerprint density at radius 1 is 1.10 bits per heavy atom. The lowest BCUT2D eigenvalue weighted by molar-refractivity contribution is -0.137. The van der Waals surface area contributed by atoms with Crippen LogP contribution in [0.1, 0.15) is 37.8 Å². The lowest BCUT2D eigenvalue weighted by Gasteiger charge is -2.41. The van der Waals surface area contributed by atoms with Crippen LogP contribution in [0.2, 0.25) is 0 Å². The van der Waals surface area contributed by atoms with Crippen molar-refractivity contribution in [3.8, 4) is 11.3 Å². The van der Waals surface area contributed by atoms with Gasteiger partial charge in [-0.3, -0.25) is 9.88 Å². The maximum absolute atomic E-state index is 12.7. The first-order valence-electron chi connectivity index (χ1n) is 9.92. The van der Waals surface area contributed by atoms with Gasteiger partial charge in [0, 0.05) is 23.7 Å². The average molecular weight is 401 g/mol. The minimum absolute atomic E-state index is 0.128. The van der Waals surface area contributed by atoms with E-state index in [1.807, 2.05) is 12.1 Å². The third kappa shape index (κ3) is 4.97. The number of benzene rings is 1. The molecule has 3 rings (SSSR count). The minimum Gasteiger partial charge on any atom is -0.316 e. The van der Waals surface area contributed by atoms with Crippen molar-refractivity contribution in [2.24, 2.45) is 11.3 Å². The van der Waals surface area contributed by atoms with Gasteiger partial charge < -0.3 is 4.85 Å². The number of aromatic nitrogens is 1. The summed E-state index contributed by atoms with van der Waals surface area (Å²) in [7, 11) is 0. The third-order valence-corrected chi connectivity index (χ3v) is 6.21. The highest BCUT2D eigenvalue weighted by Gasteiger charge is 2.40. The first-order chi connectivity index (χ1) is 13.7. The van der Waals surface area contributed by atoms with Gasteiger partial charge >= 0.3 is 6.18 Å². The zero-order chi connectivity index (χ0) is 21.1. The van der Waals surface area contributed by atoms with Crippen LogP contribution in [-0.4, -0.2) is 29.5 Å². The molecule has 0 amide bonds. The summed E-state index contributed by atoms with van der Waals surface area (Å²) in [5.41, 5.74) is 1.89. The number of hydrogen-bond acceptors (Lipinski definition) is 2. The topological polar surface area (TPSA) is 20.5 Å². The van der Waals surface area contributed by atoms with Crippen molar-refractivity contribution in [1.82, 2.24) is 9.88 Å². The predicted molar refractivity (Wildman–Crippen MR) is 108 cm³/mol. The average Bonchev–Trinajstić information content (AvgIpc) is 2.70. The summed E-state index contributed by atoms with van der Waals surface area (Å²) in [6.45, 7) is 15.0. The van der Waals surface area contributed by atoms with Crippen LogP contribution in [-0.2, 0) is 12.7 Å². The smallest absolute Gasteiger partial charge is 0.316 e. The van der Waals surface area contributed by atoms with Gasteiger partial charge in [0.25, 0.3) is 0 Å². The molecular formula is C23H26F3N3. The molecule has 0 N–H and O–H groups in total. The monoisotopic (exact) mass is 401 g/mol. The molecule has 1 fully saturated rings. The van der Waals surface area contributed by atoms with Crippen LogP contribution in [0.3, 0.4) is 0 Å². The molecule has 29 heavy (non-hydrogen) atoms. The maximum Gasteiger partial charge on any atom is 0.416 e. The molecule has 2 heterocycles. The summed E-state index contributed by atoms with van der Waals surface area (Å²) < 4.78 is 38.1. The molecule has 1 aromatic carbocycles. The second-order valence-electron chi connectivity index (χ2n) is 8.24. The second-order valence-corrected chi connectivity index (χ2v) is 8.24. The van der Waals surface area contributed by atoms with E-state index in [1.165, 1.54) is 12.1 Å². The van der Waals surface area contributed by atoms with Crippen LogP contribution in [0.4, 0.5) is 13.2 Å². The van der Waals surface area contributed by atoms with Crippen molar-refractivity contribution in [1.29, 1.82) is 0 Å². The molecule has 0 aliphatic carbocycles. The second kappa shape index (κ2) is 8.54. The van der Waals surface area contributed by atoms with Crippen LogP contribution in [0.5, 0.6) is 0 Å². The summed E-state index contributed by atoms with van der Waals surface area (Å²) in [4.78, 5) is 10.5. The van der Waals surface area contributed by atoms with Crippen molar-refractivity contribution in [3.05, 3.63) is 65.1 Å². The maximum atomic E-state index is 12.7. The number of nitrogens with zero attached hydrogens (tertiary/aromatic N) is 3. The Labute approximate surface area is 170 Å². The van der Waals surface area contributed by atoms with Crippen LogP contribution in [0.15, 0.2) is 42.6 Å². The number of hydrogen-bond donors (Lipinski definition) is 0. The molecule has 6 heteroatoms. The molecule has 154 valence electrons. The van der Waals surface area contributed by atoms with Crippen LogP contribution >= 0.6 is 0 Å². The number of likely N-dealkylation sites (tertiary alicyclic amines) is 1. The van der Waals surface area contributed by atoms with E-state index in [0.29, 0.717) is 23.7 Å². The van der Waals surface area contributed by atoms with E-state index in [-0.39, 0.29) is 5.41 Å². The Kier molecular flexibility index (Phi) is 6.28.